The average Bonchev–Trinajstić information content (AvgIpc) is 3.37. The van der Waals surface area contributed by atoms with Crippen molar-refractivity contribution in [3.63, 3.8) is 0 Å². The topological polar surface area (TPSA) is 117 Å². The third-order valence-corrected chi connectivity index (χ3v) is 5.69. The van der Waals surface area contributed by atoms with Crippen LogP contribution in [0.2, 0.25) is 0 Å². The number of hydrogen-bond donors (Lipinski definition) is 3. The number of nitrogens with one attached hydrogen (secondary N) is 3. The van der Waals surface area contributed by atoms with Crippen molar-refractivity contribution in [3.05, 3.63) is 65.7 Å². The largest absolute Gasteiger partial charge is 0.489 e. The van der Waals surface area contributed by atoms with Crippen LogP contribution in [0.3, 0.4) is 0 Å². The van der Waals surface area contributed by atoms with Gasteiger partial charge < -0.3 is 10.1 Å². The number of benzene rings is 2. The first-order valence-electron chi connectivity index (χ1n) is 10.5. The molecule has 0 atom stereocenters. The van der Waals surface area contributed by atoms with E-state index in [0.717, 1.165) is 29.1 Å². The number of ether oxygens (including phenoxy) is 1. The van der Waals surface area contributed by atoms with Gasteiger partial charge in [-0.2, -0.15) is 0 Å². The maximum atomic E-state index is 12.6. The molecule has 1 heterocycles. The molecule has 1 saturated carbocycles. The van der Waals surface area contributed by atoms with E-state index < -0.39 is 29.9 Å². The normalized spacial score (nSPS) is 16.7. The summed E-state index contributed by atoms with van der Waals surface area (Å²) in [5.41, 5.74) is 4.91. The molecule has 0 unspecified atom stereocenters. The molecule has 0 aromatic heterocycles. The van der Waals surface area contributed by atoms with Gasteiger partial charge in [0.2, 0.25) is 0 Å². The number of hydrogen-bond acceptors (Lipinski definition) is 5. The second-order valence-electron chi connectivity index (χ2n) is 7.91. The van der Waals surface area contributed by atoms with Gasteiger partial charge in [-0.25, -0.2) is 4.79 Å². The Labute approximate surface area is 185 Å². The molecule has 2 aromatic rings. The number of hydrazine groups is 1. The van der Waals surface area contributed by atoms with Gasteiger partial charge in [-0.3, -0.25) is 30.1 Å². The van der Waals surface area contributed by atoms with E-state index in [2.05, 4.69) is 16.2 Å². The number of para-hydroxylation sites is 1. The van der Waals surface area contributed by atoms with Gasteiger partial charge in [0, 0.05) is 5.56 Å². The lowest BCUT2D eigenvalue weighted by atomic mass is 9.98. The first kappa shape index (κ1) is 21.4. The summed E-state index contributed by atoms with van der Waals surface area (Å²) in [5.74, 6) is -0.807. The summed E-state index contributed by atoms with van der Waals surface area (Å²) in [6.07, 6.45) is 2.89. The highest BCUT2D eigenvalue weighted by Gasteiger charge is 2.52. The van der Waals surface area contributed by atoms with Crippen LogP contribution in [0.5, 0.6) is 5.75 Å². The lowest BCUT2D eigenvalue weighted by Gasteiger charge is -2.19. The molecule has 32 heavy (non-hydrogen) atoms. The molecule has 0 radical (unpaired) electrons. The van der Waals surface area contributed by atoms with Crippen LogP contribution in [-0.2, 0) is 16.2 Å². The standard InChI is InChI=1S/C23H24N4O5/c28-19(14-27-21(30)23(24-22(27)31)12-4-5-13-23)25-26-20(29)17-10-8-16(9-11-17)15-32-18-6-2-1-3-7-18/h1-3,6-11H,4-5,12-15H2,(H,24,31)(H,25,28)(H,26,29). The molecule has 1 aliphatic carbocycles. The maximum Gasteiger partial charge on any atom is 0.325 e. The number of urea groups is 1. The molecule has 4 rings (SSSR count). The number of imide groups is 1. The van der Waals surface area contributed by atoms with Crippen LogP contribution in [0.15, 0.2) is 54.6 Å². The zero-order chi connectivity index (χ0) is 22.6. The Bertz CT molecular complexity index is 1020. The van der Waals surface area contributed by atoms with Gasteiger partial charge in [-0.15, -0.1) is 0 Å². The summed E-state index contributed by atoms with van der Waals surface area (Å²) < 4.78 is 5.66. The molecule has 1 saturated heterocycles. The Morgan fingerprint density at radius 3 is 2.34 bits per heavy atom. The molecule has 9 heteroatoms. The van der Waals surface area contributed by atoms with Crippen molar-refractivity contribution in [2.24, 2.45) is 0 Å². The van der Waals surface area contributed by atoms with Crippen LogP contribution in [0, 0.1) is 0 Å². The Hall–Kier alpha value is -3.88. The molecular formula is C23H24N4O5. The summed E-state index contributed by atoms with van der Waals surface area (Å²) in [6.45, 7) is -0.0987. The third-order valence-electron chi connectivity index (χ3n) is 5.69. The highest BCUT2D eigenvalue weighted by Crippen LogP contribution is 2.34. The zero-order valence-corrected chi connectivity index (χ0v) is 17.4. The average molecular weight is 436 g/mol. The molecule has 2 fully saturated rings. The molecule has 2 aromatic carbocycles. The van der Waals surface area contributed by atoms with E-state index in [1.54, 1.807) is 24.3 Å². The molecule has 1 aliphatic heterocycles. The van der Waals surface area contributed by atoms with E-state index in [0.29, 0.717) is 25.0 Å². The summed E-state index contributed by atoms with van der Waals surface area (Å²) in [7, 11) is 0. The summed E-state index contributed by atoms with van der Waals surface area (Å²) in [4.78, 5) is 50.1. The van der Waals surface area contributed by atoms with Gasteiger partial charge >= 0.3 is 6.03 Å². The number of carbonyl (C=O) groups excluding carboxylic acids is 4. The fraction of sp³-hybridized carbons (Fsp3) is 0.304. The van der Waals surface area contributed by atoms with Crippen molar-refractivity contribution >= 4 is 23.8 Å². The minimum Gasteiger partial charge on any atom is -0.489 e. The maximum absolute atomic E-state index is 12.6. The smallest absolute Gasteiger partial charge is 0.325 e. The van der Waals surface area contributed by atoms with E-state index >= 15 is 0 Å². The van der Waals surface area contributed by atoms with Crippen molar-refractivity contribution < 1.29 is 23.9 Å². The molecule has 1 spiro atoms. The lowest BCUT2D eigenvalue weighted by molar-refractivity contribution is -0.135. The summed E-state index contributed by atoms with van der Waals surface area (Å²) in [6, 6.07) is 15.6. The fourth-order valence-electron chi connectivity index (χ4n) is 3.95. The lowest BCUT2D eigenvalue weighted by Crippen LogP contribution is -2.48. The SMILES string of the molecule is O=C(CN1C(=O)NC2(CCCC2)C1=O)NNC(=O)c1ccc(COc2ccccc2)cc1. The number of amides is 5. The highest BCUT2D eigenvalue weighted by molar-refractivity contribution is 6.09. The van der Waals surface area contributed by atoms with E-state index in [4.69, 9.17) is 4.74 Å². The minimum atomic E-state index is -0.868. The number of nitrogens with zero attached hydrogens (tertiary/aromatic N) is 1. The van der Waals surface area contributed by atoms with Gasteiger partial charge in [0.15, 0.2) is 0 Å². The second kappa shape index (κ2) is 9.09. The first-order chi connectivity index (χ1) is 15.5. The molecule has 3 N–H and O–H groups in total. The molecule has 9 nitrogen and oxygen atoms in total. The van der Waals surface area contributed by atoms with E-state index in [1.807, 2.05) is 30.3 Å². The van der Waals surface area contributed by atoms with Gasteiger partial charge in [0.1, 0.15) is 24.4 Å². The van der Waals surface area contributed by atoms with Crippen LogP contribution in [-0.4, -0.2) is 40.7 Å². The van der Waals surface area contributed by atoms with Crippen molar-refractivity contribution in [3.8, 4) is 5.75 Å². The van der Waals surface area contributed by atoms with Crippen LogP contribution in [0.25, 0.3) is 0 Å². The first-order valence-corrected chi connectivity index (χ1v) is 10.5. The monoisotopic (exact) mass is 436 g/mol. The highest BCUT2D eigenvalue weighted by atomic mass is 16.5. The van der Waals surface area contributed by atoms with Crippen LogP contribution in [0.4, 0.5) is 4.79 Å². The van der Waals surface area contributed by atoms with Gasteiger partial charge in [-0.1, -0.05) is 43.2 Å². The van der Waals surface area contributed by atoms with Crippen LogP contribution in [0.1, 0.15) is 41.6 Å². The molecular weight excluding hydrogens is 412 g/mol. The Morgan fingerprint density at radius 1 is 0.969 bits per heavy atom. The van der Waals surface area contributed by atoms with Crippen molar-refractivity contribution in [1.29, 1.82) is 0 Å². The van der Waals surface area contributed by atoms with Crippen molar-refractivity contribution in [2.75, 3.05) is 6.54 Å². The molecule has 0 bridgehead atoms. The van der Waals surface area contributed by atoms with E-state index in [1.165, 1.54) is 0 Å². The molecule has 166 valence electrons. The van der Waals surface area contributed by atoms with E-state index in [9.17, 15) is 19.2 Å². The summed E-state index contributed by atoms with van der Waals surface area (Å²) in [5, 5.41) is 2.71. The quantitative estimate of drug-likeness (QED) is 0.472. The predicted molar refractivity (Wildman–Crippen MR) is 114 cm³/mol. The Balaban J connectivity index is 1.25. The van der Waals surface area contributed by atoms with Gasteiger partial charge in [-0.05, 0) is 42.7 Å². The van der Waals surface area contributed by atoms with Crippen LogP contribution >= 0.6 is 0 Å². The molecule has 2 aliphatic rings. The summed E-state index contributed by atoms with van der Waals surface area (Å²) >= 11 is 0. The second-order valence-corrected chi connectivity index (χ2v) is 7.91. The van der Waals surface area contributed by atoms with Gasteiger partial charge in [0.25, 0.3) is 17.7 Å². The third kappa shape index (κ3) is 4.56. The minimum absolute atomic E-state index is 0.341. The predicted octanol–water partition coefficient (Wildman–Crippen LogP) is 1.89. The Morgan fingerprint density at radius 2 is 1.66 bits per heavy atom. The zero-order valence-electron chi connectivity index (χ0n) is 17.4. The van der Waals surface area contributed by atoms with Crippen molar-refractivity contribution in [1.82, 2.24) is 21.1 Å². The van der Waals surface area contributed by atoms with Crippen LogP contribution < -0.4 is 20.9 Å². The van der Waals surface area contributed by atoms with Gasteiger partial charge in [0.05, 0.1) is 0 Å². The fourth-order valence-corrected chi connectivity index (χ4v) is 3.95. The molecule has 5 amide bonds. The number of rotatable bonds is 6. The van der Waals surface area contributed by atoms with Crippen molar-refractivity contribution in [2.45, 2.75) is 37.8 Å². The Kier molecular flexibility index (Phi) is 6.07. The number of carbonyl (C=O) groups is 4. The van der Waals surface area contributed by atoms with E-state index in [-0.39, 0.29) is 5.91 Å².